The first kappa shape index (κ1) is 15.0. The summed E-state index contributed by atoms with van der Waals surface area (Å²) >= 11 is 13.1. The molecule has 0 saturated heterocycles. The third kappa shape index (κ3) is 3.60. The Balaban J connectivity index is 2.10. The van der Waals surface area contributed by atoms with E-state index in [1.165, 1.54) is 23.9 Å². The molecule has 2 N–H and O–H groups in total. The van der Waals surface area contributed by atoms with Crippen molar-refractivity contribution in [3.05, 3.63) is 52.0 Å². The maximum absolute atomic E-state index is 12.0. The van der Waals surface area contributed by atoms with Crippen LogP contribution in [-0.4, -0.2) is 21.7 Å². The van der Waals surface area contributed by atoms with Gasteiger partial charge < -0.3 is 10.2 Å². The van der Waals surface area contributed by atoms with E-state index in [0.29, 0.717) is 14.9 Å². The monoisotopic (exact) mass is 328 g/mol. The molecule has 0 atom stereocenters. The molecular formula is C14H10Cl2O3S. The van der Waals surface area contributed by atoms with Crippen LogP contribution >= 0.6 is 35.0 Å². The number of hydrogen-bond acceptors (Lipinski definition) is 4. The molecule has 0 bridgehead atoms. The van der Waals surface area contributed by atoms with Crippen molar-refractivity contribution >= 4 is 40.7 Å². The SMILES string of the molecule is O=C(CSc1cc(Cl)ccc1Cl)c1ccc(O)cc1O. The lowest BCUT2D eigenvalue weighted by Gasteiger charge is -2.06. The standard InChI is InChI=1S/C14H10Cl2O3S/c15-8-1-4-11(16)14(5-8)20-7-13(19)10-3-2-9(17)6-12(10)18/h1-6,17-18H,7H2. The van der Waals surface area contributed by atoms with Crippen molar-refractivity contribution in [1.82, 2.24) is 0 Å². The van der Waals surface area contributed by atoms with E-state index in [9.17, 15) is 15.0 Å². The van der Waals surface area contributed by atoms with Gasteiger partial charge in [0.2, 0.25) is 0 Å². The van der Waals surface area contributed by atoms with Gasteiger partial charge >= 0.3 is 0 Å². The highest BCUT2D eigenvalue weighted by Gasteiger charge is 2.13. The molecule has 0 unspecified atom stereocenters. The molecule has 2 aromatic carbocycles. The Bertz CT molecular complexity index is 659. The van der Waals surface area contributed by atoms with Crippen molar-refractivity contribution in [1.29, 1.82) is 0 Å². The average molecular weight is 329 g/mol. The Morgan fingerprint density at radius 2 is 1.85 bits per heavy atom. The molecule has 0 heterocycles. The Labute approximate surface area is 130 Å². The zero-order chi connectivity index (χ0) is 14.7. The smallest absolute Gasteiger partial charge is 0.176 e. The van der Waals surface area contributed by atoms with Crippen LogP contribution in [0.15, 0.2) is 41.3 Å². The van der Waals surface area contributed by atoms with Crippen LogP contribution in [0.5, 0.6) is 11.5 Å². The quantitative estimate of drug-likeness (QED) is 0.646. The van der Waals surface area contributed by atoms with Crippen LogP contribution in [0.25, 0.3) is 0 Å². The second kappa shape index (κ2) is 6.39. The van der Waals surface area contributed by atoms with Crippen molar-refractivity contribution < 1.29 is 15.0 Å². The van der Waals surface area contributed by atoms with Gasteiger partial charge in [-0.15, -0.1) is 11.8 Å². The molecule has 0 amide bonds. The summed E-state index contributed by atoms with van der Waals surface area (Å²) in [4.78, 5) is 12.7. The number of thioether (sulfide) groups is 1. The van der Waals surface area contributed by atoms with E-state index < -0.39 is 0 Å². The van der Waals surface area contributed by atoms with Crippen LogP contribution in [0.2, 0.25) is 10.0 Å². The summed E-state index contributed by atoms with van der Waals surface area (Å²) in [5, 5.41) is 19.9. The van der Waals surface area contributed by atoms with Crippen LogP contribution < -0.4 is 0 Å². The van der Waals surface area contributed by atoms with E-state index in [2.05, 4.69) is 0 Å². The number of benzene rings is 2. The number of phenolic OH excluding ortho intramolecular Hbond substituents is 2. The molecule has 2 rings (SSSR count). The summed E-state index contributed by atoms with van der Waals surface area (Å²) in [6.45, 7) is 0. The topological polar surface area (TPSA) is 57.5 Å². The lowest BCUT2D eigenvalue weighted by molar-refractivity contribution is 0.102. The fourth-order valence-electron chi connectivity index (χ4n) is 1.56. The first-order chi connectivity index (χ1) is 9.47. The number of rotatable bonds is 4. The number of carbonyl (C=O) groups excluding carboxylic acids is 1. The van der Waals surface area contributed by atoms with Gasteiger partial charge in [0.05, 0.1) is 16.3 Å². The van der Waals surface area contributed by atoms with Crippen molar-refractivity contribution in [2.45, 2.75) is 4.90 Å². The Morgan fingerprint density at radius 1 is 1.10 bits per heavy atom. The third-order valence-corrected chi connectivity index (χ3v) is 4.27. The maximum atomic E-state index is 12.0. The van der Waals surface area contributed by atoms with Gasteiger partial charge in [-0.1, -0.05) is 23.2 Å². The molecule has 0 saturated carbocycles. The van der Waals surface area contributed by atoms with Gasteiger partial charge in [-0.3, -0.25) is 4.79 Å². The molecule has 20 heavy (non-hydrogen) atoms. The molecule has 0 fully saturated rings. The van der Waals surface area contributed by atoms with E-state index >= 15 is 0 Å². The Kier molecular flexibility index (Phi) is 4.81. The number of hydrogen-bond donors (Lipinski definition) is 2. The van der Waals surface area contributed by atoms with Crippen LogP contribution in [-0.2, 0) is 0 Å². The Hall–Kier alpha value is -1.36. The largest absolute Gasteiger partial charge is 0.508 e. The van der Waals surface area contributed by atoms with Crippen molar-refractivity contribution in [2.75, 3.05) is 5.75 Å². The lowest BCUT2D eigenvalue weighted by atomic mass is 10.1. The molecule has 3 nitrogen and oxygen atoms in total. The summed E-state index contributed by atoms with van der Waals surface area (Å²) < 4.78 is 0. The van der Waals surface area contributed by atoms with Gasteiger partial charge in [-0.25, -0.2) is 0 Å². The van der Waals surface area contributed by atoms with Crippen LogP contribution in [0.3, 0.4) is 0 Å². The summed E-state index contributed by atoms with van der Waals surface area (Å²) in [5.74, 6) is -0.487. The fraction of sp³-hybridized carbons (Fsp3) is 0.0714. The first-order valence-electron chi connectivity index (χ1n) is 5.60. The summed E-state index contributed by atoms with van der Waals surface area (Å²) in [7, 11) is 0. The van der Waals surface area contributed by atoms with Gasteiger partial charge in [0.25, 0.3) is 0 Å². The van der Waals surface area contributed by atoms with E-state index in [4.69, 9.17) is 23.2 Å². The number of aromatic hydroxyl groups is 2. The van der Waals surface area contributed by atoms with Crippen molar-refractivity contribution in [3.8, 4) is 11.5 Å². The van der Waals surface area contributed by atoms with E-state index in [1.54, 1.807) is 18.2 Å². The minimum absolute atomic E-state index is 0.0930. The van der Waals surface area contributed by atoms with Crippen LogP contribution in [0, 0.1) is 0 Å². The molecule has 6 heteroatoms. The molecule has 0 aliphatic heterocycles. The van der Waals surface area contributed by atoms with Gasteiger partial charge in [-0.2, -0.15) is 0 Å². The molecule has 0 aliphatic carbocycles. The number of ketones is 1. The molecule has 104 valence electrons. The second-order valence-corrected chi connectivity index (χ2v) is 5.85. The third-order valence-electron chi connectivity index (χ3n) is 2.53. The zero-order valence-corrected chi connectivity index (χ0v) is 12.5. The van der Waals surface area contributed by atoms with E-state index in [0.717, 1.165) is 6.07 Å². The number of Topliss-reactive ketones (excluding diaryl/α,β-unsaturated/α-hetero) is 1. The highest BCUT2D eigenvalue weighted by molar-refractivity contribution is 8.00. The maximum Gasteiger partial charge on any atom is 0.176 e. The predicted molar refractivity (Wildman–Crippen MR) is 81.3 cm³/mol. The Morgan fingerprint density at radius 3 is 2.55 bits per heavy atom. The van der Waals surface area contributed by atoms with Crippen molar-refractivity contribution in [3.63, 3.8) is 0 Å². The molecule has 0 aliphatic rings. The molecule has 2 aromatic rings. The molecule has 0 spiro atoms. The van der Waals surface area contributed by atoms with Crippen LogP contribution in [0.1, 0.15) is 10.4 Å². The molecular weight excluding hydrogens is 319 g/mol. The zero-order valence-electron chi connectivity index (χ0n) is 10.1. The minimum Gasteiger partial charge on any atom is -0.508 e. The van der Waals surface area contributed by atoms with Gasteiger partial charge in [0, 0.05) is 16.0 Å². The number of halogens is 2. The predicted octanol–water partition coefficient (Wildman–Crippen LogP) is 4.38. The van der Waals surface area contributed by atoms with Crippen LogP contribution in [0.4, 0.5) is 0 Å². The lowest BCUT2D eigenvalue weighted by Crippen LogP contribution is -2.02. The number of carbonyl (C=O) groups is 1. The summed E-state index contributed by atoms with van der Waals surface area (Å²) in [6, 6.07) is 8.87. The fourth-order valence-corrected chi connectivity index (χ4v) is 2.94. The average Bonchev–Trinajstić information content (AvgIpc) is 2.39. The first-order valence-corrected chi connectivity index (χ1v) is 7.34. The number of phenols is 2. The van der Waals surface area contributed by atoms with Gasteiger partial charge in [0.15, 0.2) is 5.78 Å². The minimum atomic E-state index is -0.261. The second-order valence-electron chi connectivity index (χ2n) is 3.99. The van der Waals surface area contributed by atoms with Gasteiger partial charge in [0.1, 0.15) is 11.5 Å². The van der Waals surface area contributed by atoms with Gasteiger partial charge in [-0.05, 0) is 30.3 Å². The van der Waals surface area contributed by atoms with Crippen molar-refractivity contribution in [2.24, 2.45) is 0 Å². The van der Waals surface area contributed by atoms with E-state index in [-0.39, 0.29) is 28.6 Å². The highest BCUT2D eigenvalue weighted by Crippen LogP contribution is 2.31. The molecule has 0 radical (unpaired) electrons. The van der Waals surface area contributed by atoms with E-state index in [1.807, 2.05) is 0 Å². The normalized spacial score (nSPS) is 10.5. The molecule has 0 aromatic heterocycles. The summed E-state index contributed by atoms with van der Waals surface area (Å²) in [6.07, 6.45) is 0. The highest BCUT2D eigenvalue weighted by atomic mass is 35.5. The summed E-state index contributed by atoms with van der Waals surface area (Å²) in [5.41, 5.74) is 0.161.